The first kappa shape index (κ1) is 17.5. The molecule has 0 aliphatic rings. The molecule has 0 fully saturated rings. The van der Waals surface area contributed by atoms with Crippen LogP contribution in [0.15, 0.2) is 72.8 Å². The number of non-ortho nitro benzene ring substituents is 1. The van der Waals surface area contributed by atoms with Gasteiger partial charge in [-0.1, -0.05) is 42.5 Å². The van der Waals surface area contributed by atoms with Gasteiger partial charge in [0.2, 0.25) is 0 Å². The summed E-state index contributed by atoms with van der Waals surface area (Å²) in [5, 5.41) is 11.0. The van der Waals surface area contributed by atoms with E-state index < -0.39 is 4.92 Å². The van der Waals surface area contributed by atoms with E-state index in [1.165, 1.54) is 12.1 Å². The summed E-state index contributed by atoms with van der Waals surface area (Å²) < 4.78 is 10.9. The van der Waals surface area contributed by atoms with Gasteiger partial charge in [0.05, 0.1) is 19.1 Å². The Bertz CT molecular complexity index is 892. The average Bonchev–Trinajstić information content (AvgIpc) is 2.69. The summed E-state index contributed by atoms with van der Waals surface area (Å²) >= 11 is 0. The number of methoxy groups -OCH3 is 2. The van der Waals surface area contributed by atoms with Crippen molar-refractivity contribution in [2.45, 2.75) is 5.92 Å². The summed E-state index contributed by atoms with van der Waals surface area (Å²) in [6.07, 6.45) is 0. The van der Waals surface area contributed by atoms with E-state index in [2.05, 4.69) is 0 Å². The van der Waals surface area contributed by atoms with Gasteiger partial charge >= 0.3 is 0 Å². The maximum absolute atomic E-state index is 11.0. The van der Waals surface area contributed by atoms with E-state index in [1.807, 2.05) is 48.5 Å². The molecule has 26 heavy (non-hydrogen) atoms. The highest BCUT2D eigenvalue weighted by molar-refractivity contribution is 5.52. The molecule has 132 valence electrons. The third-order valence-corrected chi connectivity index (χ3v) is 4.32. The molecule has 0 saturated heterocycles. The maximum Gasteiger partial charge on any atom is 0.269 e. The minimum Gasteiger partial charge on any atom is -0.497 e. The topological polar surface area (TPSA) is 61.6 Å². The molecule has 0 aromatic heterocycles. The van der Waals surface area contributed by atoms with Crippen LogP contribution in [0.1, 0.15) is 22.6 Å². The molecule has 0 radical (unpaired) electrons. The van der Waals surface area contributed by atoms with Gasteiger partial charge in [0, 0.05) is 23.6 Å². The lowest BCUT2D eigenvalue weighted by molar-refractivity contribution is -0.384. The van der Waals surface area contributed by atoms with Crippen molar-refractivity contribution in [2.75, 3.05) is 14.2 Å². The van der Waals surface area contributed by atoms with Crippen molar-refractivity contribution in [2.24, 2.45) is 0 Å². The molecule has 3 rings (SSSR count). The molecule has 0 amide bonds. The SMILES string of the molecule is COc1ccc(OC)c(C(c2ccccc2)c2ccc([N+](=O)[O-])cc2)c1. The van der Waals surface area contributed by atoms with Gasteiger partial charge in [-0.2, -0.15) is 0 Å². The fraction of sp³-hybridized carbons (Fsp3) is 0.143. The predicted molar refractivity (Wildman–Crippen MR) is 100 cm³/mol. The molecule has 0 N–H and O–H groups in total. The van der Waals surface area contributed by atoms with Crippen molar-refractivity contribution in [1.29, 1.82) is 0 Å². The maximum atomic E-state index is 11.0. The highest BCUT2D eigenvalue weighted by Crippen LogP contribution is 2.39. The predicted octanol–water partition coefficient (Wildman–Crippen LogP) is 4.79. The zero-order chi connectivity index (χ0) is 18.5. The first-order valence-electron chi connectivity index (χ1n) is 8.15. The fourth-order valence-electron chi connectivity index (χ4n) is 3.05. The lowest BCUT2D eigenvalue weighted by Gasteiger charge is -2.22. The number of ether oxygens (including phenoxy) is 2. The molecule has 1 unspecified atom stereocenters. The van der Waals surface area contributed by atoms with E-state index in [4.69, 9.17) is 9.47 Å². The number of benzene rings is 3. The molecule has 0 aliphatic heterocycles. The summed E-state index contributed by atoms with van der Waals surface area (Å²) in [6.45, 7) is 0. The normalized spacial score (nSPS) is 11.6. The van der Waals surface area contributed by atoms with Crippen LogP contribution in [0.25, 0.3) is 0 Å². The molecule has 0 bridgehead atoms. The lowest BCUT2D eigenvalue weighted by Crippen LogP contribution is -2.06. The number of nitro groups is 1. The third-order valence-electron chi connectivity index (χ3n) is 4.32. The van der Waals surface area contributed by atoms with E-state index in [-0.39, 0.29) is 11.6 Å². The smallest absolute Gasteiger partial charge is 0.269 e. The first-order valence-corrected chi connectivity index (χ1v) is 8.15. The average molecular weight is 349 g/mol. The Kier molecular flexibility index (Phi) is 5.17. The molecule has 5 heteroatoms. The summed E-state index contributed by atoms with van der Waals surface area (Å²) in [7, 11) is 3.25. The number of nitrogens with zero attached hydrogens (tertiary/aromatic N) is 1. The quantitative estimate of drug-likeness (QED) is 0.365. The van der Waals surface area contributed by atoms with Gasteiger partial charge < -0.3 is 9.47 Å². The fourth-order valence-corrected chi connectivity index (χ4v) is 3.05. The summed E-state index contributed by atoms with van der Waals surface area (Å²) in [6, 6.07) is 22.3. The Labute approximate surface area is 152 Å². The Morgan fingerprint density at radius 3 is 2.08 bits per heavy atom. The molecule has 0 heterocycles. The van der Waals surface area contributed by atoms with Crippen LogP contribution in [0, 0.1) is 10.1 Å². The van der Waals surface area contributed by atoms with Crippen LogP contribution in [0.4, 0.5) is 5.69 Å². The molecule has 3 aromatic rings. The molecule has 3 aromatic carbocycles. The van der Waals surface area contributed by atoms with Crippen LogP contribution < -0.4 is 9.47 Å². The van der Waals surface area contributed by atoms with Gasteiger partial charge in [-0.15, -0.1) is 0 Å². The summed E-state index contributed by atoms with van der Waals surface area (Å²) in [5.41, 5.74) is 3.01. The number of nitro benzene ring substituents is 1. The van der Waals surface area contributed by atoms with Crippen LogP contribution in [-0.4, -0.2) is 19.1 Å². The second kappa shape index (κ2) is 7.70. The second-order valence-electron chi connectivity index (χ2n) is 5.80. The van der Waals surface area contributed by atoms with E-state index >= 15 is 0 Å². The Morgan fingerprint density at radius 1 is 0.846 bits per heavy atom. The van der Waals surface area contributed by atoms with Crippen molar-refractivity contribution in [3.63, 3.8) is 0 Å². The van der Waals surface area contributed by atoms with Crippen LogP contribution in [-0.2, 0) is 0 Å². The largest absolute Gasteiger partial charge is 0.497 e. The Morgan fingerprint density at radius 2 is 1.50 bits per heavy atom. The van der Waals surface area contributed by atoms with Crippen LogP contribution in [0.3, 0.4) is 0 Å². The van der Waals surface area contributed by atoms with Gasteiger partial charge in [-0.3, -0.25) is 10.1 Å². The molecular weight excluding hydrogens is 330 g/mol. The molecule has 1 atom stereocenters. The van der Waals surface area contributed by atoms with Crippen LogP contribution in [0.2, 0.25) is 0 Å². The molecular formula is C21H19NO4. The van der Waals surface area contributed by atoms with Crippen molar-refractivity contribution in [3.8, 4) is 11.5 Å². The highest BCUT2D eigenvalue weighted by Gasteiger charge is 2.22. The van der Waals surface area contributed by atoms with Gasteiger partial charge in [0.15, 0.2) is 0 Å². The molecule has 0 saturated carbocycles. The second-order valence-corrected chi connectivity index (χ2v) is 5.80. The van der Waals surface area contributed by atoms with E-state index in [0.29, 0.717) is 0 Å². The van der Waals surface area contributed by atoms with E-state index in [0.717, 1.165) is 28.2 Å². The zero-order valence-corrected chi connectivity index (χ0v) is 14.6. The summed E-state index contributed by atoms with van der Waals surface area (Å²) in [5.74, 6) is 1.32. The number of hydrogen-bond acceptors (Lipinski definition) is 4. The van der Waals surface area contributed by atoms with Crippen LogP contribution in [0.5, 0.6) is 11.5 Å². The van der Waals surface area contributed by atoms with Crippen LogP contribution >= 0.6 is 0 Å². The number of hydrogen-bond donors (Lipinski definition) is 0. The Balaban J connectivity index is 2.18. The van der Waals surface area contributed by atoms with Gasteiger partial charge in [-0.05, 0) is 29.3 Å². The Hall–Kier alpha value is -3.34. The van der Waals surface area contributed by atoms with Crippen molar-refractivity contribution in [3.05, 3.63) is 99.6 Å². The highest BCUT2D eigenvalue weighted by atomic mass is 16.6. The van der Waals surface area contributed by atoms with Gasteiger partial charge in [-0.25, -0.2) is 0 Å². The molecule has 5 nitrogen and oxygen atoms in total. The van der Waals surface area contributed by atoms with Gasteiger partial charge in [0.1, 0.15) is 11.5 Å². The zero-order valence-electron chi connectivity index (χ0n) is 14.6. The molecule has 0 aliphatic carbocycles. The number of rotatable bonds is 6. The van der Waals surface area contributed by atoms with Crippen molar-refractivity contribution >= 4 is 5.69 Å². The minimum atomic E-state index is -0.395. The standard InChI is InChI=1S/C21H19NO4/c1-25-18-12-13-20(26-2)19(14-18)21(15-6-4-3-5-7-15)16-8-10-17(11-9-16)22(23)24/h3-14,21H,1-2H3. The lowest BCUT2D eigenvalue weighted by atomic mass is 9.84. The van der Waals surface area contributed by atoms with E-state index in [9.17, 15) is 10.1 Å². The summed E-state index contributed by atoms with van der Waals surface area (Å²) in [4.78, 5) is 10.6. The van der Waals surface area contributed by atoms with Crippen molar-refractivity contribution in [1.82, 2.24) is 0 Å². The van der Waals surface area contributed by atoms with Gasteiger partial charge in [0.25, 0.3) is 5.69 Å². The monoisotopic (exact) mass is 349 g/mol. The first-order chi connectivity index (χ1) is 12.6. The molecule has 0 spiro atoms. The van der Waals surface area contributed by atoms with Crippen molar-refractivity contribution < 1.29 is 14.4 Å². The third kappa shape index (κ3) is 3.52. The van der Waals surface area contributed by atoms with E-state index in [1.54, 1.807) is 26.4 Å². The minimum absolute atomic E-state index is 0.0677.